The number of benzene rings is 1. The number of esters is 1. The summed E-state index contributed by atoms with van der Waals surface area (Å²) >= 11 is 0. The second kappa shape index (κ2) is 8.72. The van der Waals surface area contributed by atoms with Crippen LogP contribution in [0.15, 0.2) is 29.4 Å². The number of carbonyl (C=O) groups excluding carboxylic acids is 2. The molecule has 1 rings (SSSR count). The molecular formula is C15H20FN3O4. The molecule has 8 heteroatoms. The molecule has 0 aliphatic rings. The lowest BCUT2D eigenvalue weighted by Gasteiger charge is -2.30. The Balaban J connectivity index is 3.17. The van der Waals surface area contributed by atoms with Crippen molar-refractivity contribution in [3.63, 3.8) is 0 Å². The number of anilines is 1. The predicted molar refractivity (Wildman–Crippen MR) is 83.9 cm³/mol. The second-order valence-electron chi connectivity index (χ2n) is 4.55. The summed E-state index contributed by atoms with van der Waals surface area (Å²) in [6, 6.07) is 4.92. The smallest absolute Gasteiger partial charge is 0.427 e. The number of amides is 1. The first-order chi connectivity index (χ1) is 10.9. The third-order valence-electron chi connectivity index (χ3n) is 3.12. The molecule has 1 unspecified atom stereocenters. The van der Waals surface area contributed by atoms with Crippen LogP contribution in [0.1, 0.15) is 13.8 Å². The van der Waals surface area contributed by atoms with Gasteiger partial charge in [0, 0.05) is 12.2 Å². The van der Waals surface area contributed by atoms with Crippen LogP contribution in [0.4, 0.5) is 14.9 Å². The normalized spacial score (nSPS) is 12.3. The number of nitrogens with one attached hydrogen (secondary N) is 1. The summed E-state index contributed by atoms with van der Waals surface area (Å²) in [5.74, 6) is -1.00. The lowest BCUT2D eigenvalue weighted by atomic mass is 10.1. The molecule has 0 aliphatic heterocycles. The van der Waals surface area contributed by atoms with Gasteiger partial charge in [0.15, 0.2) is 6.04 Å². The van der Waals surface area contributed by atoms with Crippen molar-refractivity contribution >= 4 is 23.5 Å². The number of halogens is 1. The van der Waals surface area contributed by atoms with Crippen LogP contribution in [0.25, 0.3) is 0 Å². The summed E-state index contributed by atoms with van der Waals surface area (Å²) in [6.45, 7) is 3.76. The molecule has 7 nitrogen and oxygen atoms in total. The van der Waals surface area contributed by atoms with Gasteiger partial charge in [-0.1, -0.05) is 6.07 Å². The van der Waals surface area contributed by atoms with Crippen molar-refractivity contribution in [3.05, 3.63) is 30.1 Å². The molecule has 126 valence electrons. The minimum atomic E-state index is -0.913. The molecule has 0 aromatic heterocycles. The van der Waals surface area contributed by atoms with Crippen molar-refractivity contribution in [1.82, 2.24) is 5.43 Å². The van der Waals surface area contributed by atoms with Crippen molar-refractivity contribution in [2.45, 2.75) is 19.9 Å². The highest BCUT2D eigenvalue weighted by atomic mass is 19.1. The first-order valence-electron chi connectivity index (χ1n) is 6.92. The van der Waals surface area contributed by atoms with Crippen molar-refractivity contribution in [1.29, 1.82) is 0 Å². The minimum absolute atomic E-state index is 0.272. The number of rotatable bonds is 6. The average molecular weight is 325 g/mol. The van der Waals surface area contributed by atoms with E-state index in [4.69, 9.17) is 4.74 Å². The molecule has 0 heterocycles. The van der Waals surface area contributed by atoms with Gasteiger partial charge >= 0.3 is 12.1 Å². The molecule has 1 N–H and O–H groups in total. The number of nitrogens with zero attached hydrogens (tertiary/aromatic N) is 2. The molecule has 1 amide bonds. The number of likely N-dealkylation sites (N-methyl/N-ethyl adjacent to an activating group) is 1. The number of carbonyl (C=O) groups is 2. The second-order valence-corrected chi connectivity index (χ2v) is 4.55. The average Bonchev–Trinajstić information content (AvgIpc) is 2.56. The van der Waals surface area contributed by atoms with E-state index in [0.29, 0.717) is 12.2 Å². The van der Waals surface area contributed by atoms with Gasteiger partial charge in [0.2, 0.25) is 0 Å². The molecular weight excluding hydrogens is 305 g/mol. The van der Waals surface area contributed by atoms with Crippen LogP contribution in [0.3, 0.4) is 0 Å². The molecule has 0 bridgehead atoms. The summed E-state index contributed by atoms with van der Waals surface area (Å²) in [6.07, 6.45) is -0.762. The van der Waals surface area contributed by atoms with Crippen LogP contribution in [-0.2, 0) is 14.3 Å². The lowest BCUT2D eigenvalue weighted by Crippen LogP contribution is -2.47. The minimum Gasteiger partial charge on any atom is -0.467 e. The van der Waals surface area contributed by atoms with Crippen LogP contribution in [-0.4, -0.2) is 44.6 Å². The number of hydrogen-bond acceptors (Lipinski definition) is 6. The Morgan fingerprint density at radius 1 is 1.35 bits per heavy atom. The fourth-order valence-corrected chi connectivity index (χ4v) is 2.04. The molecule has 0 saturated carbocycles. The number of methoxy groups -OCH3 is 2. The van der Waals surface area contributed by atoms with Crippen molar-refractivity contribution in [2.75, 3.05) is 25.7 Å². The maximum atomic E-state index is 13.5. The van der Waals surface area contributed by atoms with E-state index >= 15 is 0 Å². The van der Waals surface area contributed by atoms with Gasteiger partial charge in [0.25, 0.3) is 0 Å². The van der Waals surface area contributed by atoms with Crippen molar-refractivity contribution in [3.8, 4) is 0 Å². The zero-order chi connectivity index (χ0) is 17.4. The van der Waals surface area contributed by atoms with E-state index in [0.717, 1.165) is 0 Å². The van der Waals surface area contributed by atoms with Gasteiger partial charge in [-0.3, -0.25) is 0 Å². The number of ether oxygens (including phenoxy) is 2. The quantitative estimate of drug-likeness (QED) is 0.491. The largest absolute Gasteiger partial charge is 0.467 e. The van der Waals surface area contributed by atoms with E-state index in [-0.39, 0.29) is 5.71 Å². The van der Waals surface area contributed by atoms with Crippen LogP contribution in [0.2, 0.25) is 0 Å². The lowest BCUT2D eigenvalue weighted by molar-refractivity contribution is -0.140. The highest BCUT2D eigenvalue weighted by Crippen LogP contribution is 2.19. The summed E-state index contributed by atoms with van der Waals surface area (Å²) < 4.78 is 22.7. The molecule has 0 spiro atoms. The Kier molecular flexibility index (Phi) is 6.98. The summed E-state index contributed by atoms with van der Waals surface area (Å²) in [4.78, 5) is 24.9. The first kappa shape index (κ1) is 18.4. The molecule has 0 aliphatic carbocycles. The van der Waals surface area contributed by atoms with Gasteiger partial charge in [0.1, 0.15) is 5.82 Å². The Labute approximate surface area is 134 Å². The Morgan fingerprint density at radius 2 is 2.04 bits per heavy atom. The molecule has 0 radical (unpaired) electrons. The maximum Gasteiger partial charge on any atom is 0.427 e. The van der Waals surface area contributed by atoms with E-state index in [2.05, 4.69) is 15.3 Å². The van der Waals surface area contributed by atoms with Gasteiger partial charge in [-0.25, -0.2) is 19.4 Å². The molecule has 1 aromatic carbocycles. The van der Waals surface area contributed by atoms with Gasteiger partial charge in [-0.15, -0.1) is 0 Å². The third kappa shape index (κ3) is 4.94. The van der Waals surface area contributed by atoms with E-state index < -0.39 is 23.9 Å². The highest BCUT2D eigenvalue weighted by Gasteiger charge is 2.29. The molecule has 23 heavy (non-hydrogen) atoms. The molecule has 1 aromatic rings. The Hall–Kier alpha value is -2.64. The third-order valence-corrected chi connectivity index (χ3v) is 3.12. The van der Waals surface area contributed by atoms with Gasteiger partial charge in [0.05, 0.1) is 19.9 Å². The summed E-state index contributed by atoms with van der Waals surface area (Å²) in [5.41, 5.74) is 2.92. The first-order valence-corrected chi connectivity index (χ1v) is 6.92. The van der Waals surface area contributed by atoms with Crippen LogP contribution < -0.4 is 10.3 Å². The topological polar surface area (TPSA) is 80.2 Å². The fraction of sp³-hybridized carbons (Fsp3) is 0.400. The number of hydrazone groups is 1. The van der Waals surface area contributed by atoms with Gasteiger partial charge in [-0.2, -0.15) is 5.10 Å². The Morgan fingerprint density at radius 3 is 2.57 bits per heavy atom. The zero-order valence-electron chi connectivity index (χ0n) is 13.5. The standard InChI is InChI=1S/C15H20FN3O4/c1-5-19(12-8-6-7-11(16)9-12)13(14(20)22-3)10(2)17-18-15(21)23-4/h6-9,13H,5H2,1-4H3,(H,18,21)/b17-10-. The van der Waals surface area contributed by atoms with Gasteiger partial charge in [-0.05, 0) is 32.0 Å². The summed E-state index contributed by atoms with van der Waals surface area (Å²) in [5, 5.41) is 3.84. The zero-order valence-corrected chi connectivity index (χ0v) is 13.5. The highest BCUT2D eigenvalue weighted by molar-refractivity contribution is 6.08. The van der Waals surface area contributed by atoms with Crippen LogP contribution in [0.5, 0.6) is 0 Å². The fourth-order valence-electron chi connectivity index (χ4n) is 2.04. The molecule has 0 saturated heterocycles. The molecule has 0 fully saturated rings. The number of hydrogen-bond donors (Lipinski definition) is 1. The van der Waals surface area contributed by atoms with Crippen molar-refractivity contribution < 1.29 is 23.5 Å². The van der Waals surface area contributed by atoms with E-state index in [1.54, 1.807) is 24.0 Å². The molecule has 1 atom stereocenters. The summed E-state index contributed by atoms with van der Waals surface area (Å²) in [7, 11) is 2.44. The monoisotopic (exact) mass is 325 g/mol. The van der Waals surface area contributed by atoms with Gasteiger partial charge < -0.3 is 14.4 Å². The maximum absolute atomic E-state index is 13.5. The van der Waals surface area contributed by atoms with Crippen LogP contribution >= 0.6 is 0 Å². The van der Waals surface area contributed by atoms with E-state index in [1.165, 1.54) is 26.4 Å². The van der Waals surface area contributed by atoms with E-state index in [9.17, 15) is 14.0 Å². The van der Waals surface area contributed by atoms with E-state index in [1.807, 2.05) is 6.92 Å². The Bertz CT molecular complexity index is 592. The predicted octanol–water partition coefficient (Wildman–Crippen LogP) is 1.93. The van der Waals surface area contributed by atoms with Crippen LogP contribution in [0, 0.1) is 5.82 Å². The SMILES string of the molecule is CCN(c1cccc(F)c1)C(C(=O)OC)/C(C)=N\NC(=O)OC. The van der Waals surface area contributed by atoms with Crippen molar-refractivity contribution in [2.24, 2.45) is 5.10 Å².